The summed E-state index contributed by atoms with van der Waals surface area (Å²) in [6, 6.07) is 0. The van der Waals surface area contributed by atoms with E-state index in [1.165, 1.54) is 0 Å². The van der Waals surface area contributed by atoms with Gasteiger partial charge in [0.1, 0.15) is 5.60 Å². The van der Waals surface area contributed by atoms with Crippen LogP contribution in [-0.4, -0.2) is 54.5 Å². The van der Waals surface area contributed by atoms with Crippen LogP contribution in [0.5, 0.6) is 0 Å². The second-order valence-electron chi connectivity index (χ2n) is 5.54. The molecular formula is C13H23NO5. The van der Waals surface area contributed by atoms with Crippen LogP contribution < -0.4 is 0 Å². The van der Waals surface area contributed by atoms with E-state index in [1.54, 1.807) is 18.7 Å². The minimum atomic E-state index is -0.606. The molecule has 0 aromatic rings. The van der Waals surface area contributed by atoms with Crippen molar-refractivity contribution < 1.29 is 23.8 Å². The average Bonchev–Trinajstić information content (AvgIpc) is 2.19. The molecule has 6 heteroatoms. The van der Waals surface area contributed by atoms with E-state index in [9.17, 15) is 9.59 Å². The van der Waals surface area contributed by atoms with Crippen molar-refractivity contribution in [3.05, 3.63) is 0 Å². The first-order chi connectivity index (χ1) is 8.73. The van der Waals surface area contributed by atoms with Crippen molar-refractivity contribution in [2.75, 3.05) is 19.7 Å². The third-order valence-electron chi connectivity index (χ3n) is 2.51. The molecular weight excluding hydrogens is 250 g/mol. The second kappa shape index (κ2) is 6.23. The number of carbonyl (C=O) groups excluding carboxylic acids is 2. The van der Waals surface area contributed by atoms with Gasteiger partial charge in [0.15, 0.2) is 6.10 Å². The molecule has 0 saturated carbocycles. The molecule has 0 aromatic heterocycles. The quantitative estimate of drug-likeness (QED) is 0.727. The van der Waals surface area contributed by atoms with Crippen molar-refractivity contribution >= 4 is 12.1 Å². The van der Waals surface area contributed by atoms with Crippen LogP contribution in [0.3, 0.4) is 0 Å². The number of hydrogen-bond donors (Lipinski definition) is 0. The Morgan fingerprint density at radius 1 is 1.32 bits per heavy atom. The van der Waals surface area contributed by atoms with E-state index in [2.05, 4.69) is 0 Å². The molecule has 1 aliphatic rings. The molecule has 1 amide bonds. The predicted molar refractivity (Wildman–Crippen MR) is 68.8 cm³/mol. The van der Waals surface area contributed by atoms with Gasteiger partial charge in [0.25, 0.3) is 0 Å². The molecule has 0 aromatic carbocycles. The molecule has 110 valence electrons. The van der Waals surface area contributed by atoms with Crippen molar-refractivity contribution in [1.29, 1.82) is 0 Å². The molecule has 0 spiro atoms. The number of carbonyl (C=O) groups is 2. The lowest BCUT2D eigenvalue weighted by atomic mass is 10.1. The summed E-state index contributed by atoms with van der Waals surface area (Å²) in [6.45, 7) is 10.1. The van der Waals surface area contributed by atoms with Crippen LogP contribution >= 0.6 is 0 Å². The first-order valence-electron chi connectivity index (χ1n) is 6.53. The van der Waals surface area contributed by atoms with E-state index in [0.29, 0.717) is 19.7 Å². The van der Waals surface area contributed by atoms with Gasteiger partial charge in [-0.2, -0.15) is 0 Å². The molecule has 1 aliphatic heterocycles. The highest BCUT2D eigenvalue weighted by atomic mass is 16.6. The molecule has 6 nitrogen and oxygen atoms in total. The third kappa shape index (κ3) is 5.06. The fourth-order valence-electron chi connectivity index (χ4n) is 1.60. The molecule has 1 atom stereocenters. The van der Waals surface area contributed by atoms with E-state index in [1.807, 2.05) is 20.8 Å². The maximum Gasteiger partial charge on any atom is 0.410 e. The second-order valence-corrected chi connectivity index (χ2v) is 5.54. The first-order valence-corrected chi connectivity index (χ1v) is 6.53. The van der Waals surface area contributed by atoms with Gasteiger partial charge in [-0.15, -0.1) is 0 Å². The fourth-order valence-corrected chi connectivity index (χ4v) is 1.60. The Kier molecular flexibility index (Phi) is 5.17. The Morgan fingerprint density at radius 2 is 1.89 bits per heavy atom. The highest BCUT2D eigenvalue weighted by Crippen LogP contribution is 2.18. The van der Waals surface area contributed by atoms with Gasteiger partial charge in [-0.05, 0) is 34.6 Å². The van der Waals surface area contributed by atoms with Gasteiger partial charge in [-0.1, -0.05) is 0 Å². The molecule has 1 fully saturated rings. The highest BCUT2D eigenvalue weighted by Gasteiger charge is 2.36. The lowest BCUT2D eigenvalue weighted by Crippen LogP contribution is -2.57. The number of amides is 1. The minimum absolute atomic E-state index is 0.132. The Bertz CT molecular complexity index is 330. The summed E-state index contributed by atoms with van der Waals surface area (Å²) in [5, 5.41) is 0. The average molecular weight is 273 g/mol. The lowest BCUT2D eigenvalue weighted by Gasteiger charge is -2.40. The maximum absolute atomic E-state index is 11.7. The molecule has 0 aliphatic carbocycles. The monoisotopic (exact) mass is 273 g/mol. The molecule has 0 bridgehead atoms. The van der Waals surface area contributed by atoms with Gasteiger partial charge in [0.2, 0.25) is 0 Å². The summed E-state index contributed by atoms with van der Waals surface area (Å²) in [5.74, 6) is -0.377. The standard InChI is InChI=1S/C13H23NO5/c1-6-17-11(15)9(2)18-10-7-14(8-10)12(16)19-13(3,4)5/h9-10H,6-8H2,1-5H3. The number of ether oxygens (including phenoxy) is 3. The number of esters is 1. The zero-order valence-corrected chi connectivity index (χ0v) is 12.3. The summed E-state index contributed by atoms with van der Waals surface area (Å²) in [4.78, 5) is 24.6. The van der Waals surface area contributed by atoms with Gasteiger partial charge >= 0.3 is 12.1 Å². The highest BCUT2D eigenvalue weighted by molar-refractivity contribution is 5.74. The van der Waals surface area contributed by atoms with Gasteiger partial charge < -0.3 is 19.1 Å². The van der Waals surface area contributed by atoms with Crippen molar-refractivity contribution in [3.8, 4) is 0 Å². The fraction of sp³-hybridized carbons (Fsp3) is 0.846. The molecule has 1 saturated heterocycles. The first kappa shape index (κ1) is 15.8. The van der Waals surface area contributed by atoms with Crippen molar-refractivity contribution in [2.45, 2.75) is 52.4 Å². The SMILES string of the molecule is CCOC(=O)C(C)OC1CN(C(=O)OC(C)(C)C)C1. The Hall–Kier alpha value is -1.30. The van der Waals surface area contributed by atoms with Gasteiger partial charge in [0, 0.05) is 0 Å². The van der Waals surface area contributed by atoms with E-state index in [4.69, 9.17) is 14.2 Å². The summed E-state index contributed by atoms with van der Waals surface area (Å²) in [7, 11) is 0. The normalized spacial score (nSPS) is 17.6. The zero-order chi connectivity index (χ0) is 14.6. The largest absolute Gasteiger partial charge is 0.464 e. The molecule has 19 heavy (non-hydrogen) atoms. The van der Waals surface area contributed by atoms with E-state index >= 15 is 0 Å². The van der Waals surface area contributed by atoms with Crippen LogP contribution in [0.4, 0.5) is 4.79 Å². The summed E-state index contributed by atoms with van der Waals surface area (Å²) < 4.78 is 15.6. The Morgan fingerprint density at radius 3 is 2.37 bits per heavy atom. The van der Waals surface area contributed by atoms with Crippen LogP contribution in [0, 0.1) is 0 Å². The van der Waals surface area contributed by atoms with E-state index < -0.39 is 11.7 Å². The van der Waals surface area contributed by atoms with E-state index in [-0.39, 0.29) is 18.2 Å². The van der Waals surface area contributed by atoms with Crippen LogP contribution in [0.15, 0.2) is 0 Å². The number of rotatable bonds is 4. The molecule has 0 N–H and O–H groups in total. The third-order valence-corrected chi connectivity index (χ3v) is 2.51. The Labute approximate surface area is 114 Å². The zero-order valence-electron chi connectivity index (χ0n) is 12.3. The van der Waals surface area contributed by atoms with Crippen LogP contribution in [-0.2, 0) is 19.0 Å². The number of nitrogens with zero attached hydrogens (tertiary/aromatic N) is 1. The molecule has 1 unspecified atom stereocenters. The number of hydrogen-bond acceptors (Lipinski definition) is 5. The smallest absolute Gasteiger partial charge is 0.410 e. The minimum Gasteiger partial charge on any atom is -0.464 e. The molecule has 1 rings (SSSR count). The van der Waals surface area contributed by atoms with Crippen LogP contribution in [0.25, 0.3) is 0 Å². The topological polar surface area (TPSA) is 65.1 Å². The molecule has 0 radical (unpaired) electrons. The van der Waals surface area contributed by atoms with Crippen LogP contribution in [0.1, 0.15) is 34.6 Å². The van der Waals surface area contributed by atoms with Crippen molar-refractivity contribution in [2.24, 2.45) is 0 Å². The van der Waals surface area contributed by atoms with Crippen molar-refractivity contribution in [1.82, 2.24) is 4.90 Å². The number of likely N-dealkylation sites (tertiary alicyclic amines) is 1. The predicted octanol–water partition coefficient (Wildman–Crippen LogP) is 1.57. The molecule has 1 heterocycles. The summed E-state index contributed by atoms with van der Waals surface area (Å²) in [5.41, 5.74) is -0.499. The summed E-state index contributed by atoms with van der Waals surface area (Å²) >= 11 is 0. The van der Waals surface area contributed by atoms with Crippen molar-refractivity contribution in [3.63, 3.8) is 0 Å². The Balaban J connectivity index is 2.27. The van der Waals surface area contributed by atoms with E-state index in [0.717, 1.165) is 0 Å². The summed E-state index contributed by atoms with van der Waals surface area (Å²) in [6.07, 6.45) is -1.09. The van der Waals surface area contributed by atoms with Crippen LogP contribution in [0.2, 0.25) is 0 Å². The lowest BCUT2D eigenvalue weighted by molar-refractivity contribution is -0.164. The maximum atomic E-state index is 11.7. The van der Waals surface area contributed by atoms with Gasteiger partial charge in [-0.25, -0.2) is 9.59 Å². The van der Waals surface area contributed by atoms with Gasteiger partial charge in [-0.3, -0.25) is 0 Å². The van der Waals surface area contributed by atoms with Gasteiger partial charge in [0.05, 0.1) is 25.8 Å².